The lowest BCUT2D eigenvalue weighted by atomic mass is 9.70. The van der Waals surface area contributed by atoms with Crippen LogP contribution in [-0.4, -0.2) is 44.4 Å². The van der Waals surface area contributed by atoms with Crippen LogP contribution in [-0.2, 0) is 33.8 Å². The summed E-state index contributed by atoms with van der Waals surface area (Å²) in [5, 5.41) is 4.85. The molecule has 2 bridgehead atoms. The van der Waals surface area contributed by atoms with Gasteiger partial charge in [-0.2, -0.15) is 9.78 Å². The van der Waals surface area contributed by atoms with Crippen molar-refractivity contribution in [2.75, 3.05) is 13.7 Å². The minimum Gasteiger partial charge on any atom is -0.356 e. The highest BCUT2D eigenvalue weighted by Gasteiger charge is 2.69. The predicted molar refractivity (Wildman–Crippen MR) is 85.1 cm³/mol. The first-order valence-corrected chi connectivity index (χ1v) is 9.34. The smallest absolute Gasteiger partial charge is 0.184 e. The Morgan fingerprint density at radius 3 is 2.46 bits per heavy atom. The van der Waals surface area contributed by atoms with E-state index in [9.17, 15) is 0 Å². The summed E-state index contributed by atoms with van der Waals surface area (Å²) >= 11 is 0. The zero-order valence-electron chi connectivity index (χ0n) is 14.4. The number of rotatable bonds is 2. The molecule has 5 aliphatic rings. The fourth-order valence-corrected chi connectivity index (χ4v) is 5.87. The molecule has 0 aromatic heterocycles. The van der Waals surface area contributed by atoms with Crippen LogP contribution in [0.15, 0.2) is 30.3 Å². The van der Waals surface area contributed by atoms with E-state index in [2.05, 4.69) is 0 Å². The second-order valence-corrected chi connectivity index (χ2v) is 7.86. The van der Waals surface area contributed by atoms with Crippen molar-refractivity contribution >= 4 is 0 Å². The van der Waals surface area contributed by atoms with Gasteiger partial charge in [0.25, 0.3) is 0 Å². The average molecular weight is 362 g/mol. The Kier molecular flexibility index (Phi) is 3.66. The highest BCUT2D eigenvalue weighted by molar-refractivity contribution is 5.18. The van der Waals surface area contributed by atoms with Gasteiger partial charge in [0, 0.05) is 24.5 Å². The highest BCUT2D eigenvalue weighted by Crippen LogP contribution is 2.61. The summed E-state index contributed by atoms with van der Waals surface area (Å²) in [6.07, 6.45) is 0.131. The molecule has 10 atom stereocenters. The molecule has 7 nitrogen and oxygen atoms in total. The molecule has 7 heteroatoms. The molecule has 0 spiro atoms. The summed E-state index contributed by atoms with van der Waals surface area (Å²) in [5.41, 5.74) is 1.03. The van der Waals surface area contributed by atoms with E-state index in [-0.39, 0.29) is 48.8 Å². The molecule has 1 aromatic rings. The van der Waals surface area contributed by atoms with Crippen molar-refractivity contribution in [3.8, 4) is 0 Å². The Bertz CT molecular complexity index is 669. The molecule has 26 heavy (non-hydrogen) atoms. The Labute approximate surface area is 151 Å². The molecule has 3 saturated heterocycles. The van der Waals surface area contributed by atoms with E-state index < -0.39 is 0 Å². The van der Waals surface area contributed by atoms with Crippen molar-refractivity contribution in [1.29, 1.82) is 0 Å². The molecule has 2 aliphatic carbocycles. The fraction of sp³-hybridized carbons (Fsp3) is 0.684. The van der Waals surface area contributed by atoms with Crippen LogP contribution in [0, 0.1) is 23.7 Å². The molecule has 3 heterocycles. The fourth-order valence-electron chi connectivity index (χ4n) is 5.87. The highest BCUT2D eigenvalue weighted by atomic mass is 17.5. The van der Waals surface area contributed by atoms with Gasteiger partial charge in [0.2, 0.25) is 0 Å². The Morgan fingerprint density at radius 1 is 0.923 bits per heavy atom. The van der Waals surface area contributed by atoms with Gasteiger partial charge in [-0.25, -0.2) is 0 Å². The van der Waals surface area contributed by atoms with E-state index in [1.807, 2.05) is 30.3 Å². The number of fused-ring (bicyclic) bond motifs is 10. The molecule has 2 saturated carbocycles. The third-order valence-electron chi connectivity index (χ3n) is 6.81. The predicted octanol–water partition coefficient (Wildman–Crippen LogP) is 1.98. The van der Waals surface area contributed by atoms with E-state index in [1.54, 1.807) is 7.11 Å². The Balaban J connectivity index is 1.32. The van der Waals surface area contributed by atoms with E-state index >= 15 is 0 Å². The van der Waals surface area contributed by atoms with Crippen LogP contribution in [0.4, 0.5) is 0 Å². The first-order valence-electron chi connectivity index (χ1n) is 9.34. The average Bonchev–Trinajstić information content (AvgIpc) is 3.39. The largest absolute Gasteiger partial charge is 0.356 e. The Hall–Kier alpha value is -1.06. The van der Waals surface area contributed by atoms with Gasteiger partial charge in [0.05, 0.1) is 12.7 Å². The number of ether oxygens (including phenoxy) is 4. The summed E-state index contributed by atoms with van der Waals surface area (Å²) in [7, 11) is 1.70. The van der Waals surface area contributed by atoms with Crippen molar-refractivity contribution in [1.82, 2.24) is 0 Å². The van der Waals surface area contributed by atoms with Gasteiger partial charge >= 0.3 is 0 Å². The molecule has 0 amide bonds. The number of hydrogen-bond acceptors (Lipinski definition) is 7. The first-order chi connectivity index (χ1) is 12.8. The summed E-state index contributed by atoms with van der Waals surface area (Å²) in [6.45, 7) is 0.493. The molecule has 1 aromatic carbocycles. The number of benzene rings is 1. The topological polar surface area (TPSA) is 64.6 Å². The molecule has 5 fully saturated rings. The summed E-state index contributed by atoms with van der Waals surface area (Å²) in [4.78, 5) is 10.8. The van der Waals surface area contributed by atoms with Crippen LogP contribution in [0.1, 0.15) is 18.3 Å². The van der Waals surface area contributed by atoms with Gasteiger partial charge in [0.15, 0.2) is 12.6 Å². The molecule has 140 valence electrons. The van der Waals surface area contributed by atoms with Crippen LogP contribution >= 0.6 is 0 Å². The van der Waals surface area contributed by atoms with Crippen molar-refractivity contribution < 1.29 is 33.8 Å². The maximum atomic E-state index is 6.44. The molecular formula is C19H22O7. The first kappa shape index (κ1) is 15.9. The minimum atomic E-state index is -0.368. The van der Waals surface area contributed by atoms with Gasteiger partial charge < -0.3 is 18.9 Å². The quantitative estimate of drug-likeness (QED) is 0.746. The van der Waals surface area contributed by atoms with E-state index in [0.29, 0.717) is 18.4 Å². The number of hydrogen-bond donors (Lipinski definition) is 0. The minimum absolute atomic E-state index is 0.0286. The lowest BCUT2D eigenvalue weighted by Crippen LogP contribution is -2.61. The van der Waals surface area contributed by atoms with Gasteiger partial charge in [0.1, 0.15) is 18.3 Å². The van der Waals surface area contributed by atoms with Gasteiger partial charge in [-0.3, -0.25) is 0 Å². The van der Waals surface area contributed by atoms with E-state index in [0.717, 1.165) is 12.0 Å². The van der Waals surface area contributed by atoms with Gasteiger partial charge in [-0.05, 0) is 18.3 Å². The van der Waals surface area contributed by atoms with Crippen LogP contribution < -0.4 is 0 Å². The summed E-state index contributed by atoms with van der Waals surface area (Å²) in [5.74, 6) is 1.11. The normalized spacial score (nSPS) is 51.7. The lowest BCUT2D eigenvalue weighted by Gasteiger charge is -2.51. The molecule has 3 aliphatic heterocycles. The zero-order chi connectivity index (χ0) is 17.3. The molecule has 2 unspecified atom stereocenters. The second kappa shape index (κ2) is 5.97. The van der Waals surface area contributed by atoms with Crippen LogP contribution in [0.3, 0.4) is 0 Å². The van der Waals surface area contributed by atoms with Gasteiger partial charge in [-0.1, -0.05) is 35.4 Å². The van der Waals surface area contributed by atoms with E-state index in [4.69, 9.17) is 33.8 Å². The summed E-state index contributed by atoms with van der Waals surface area (Å²) in [6, 6.07) is 10.0. The maximum absolute atomic E-state index is 6.44. The lowest BCUT2D eigenvalue weighted by molar-refractivity contribution is -0.471. The van der Waals surface area contributed by atoms with Crippen LogP contribution in [0.25, 0.3) is 0 Å². The second-order valence-electron chi connectivity index (χ2n) is 7.86. The van der Waals surface area contributed by atoms with Crippen molar-refractivity contribution in [3.63, 3.8) is 0 Å². The maximum Gasteiger partial charge on any atom is 0.184 e. The monoisotopic (exact) mass is 362 g/mol. The zero-order valence-corrected chi connectivity index (χ0v) is 14.4. The van der Waals surface area contributed by atoms with Crippen LogP contribution in [0.2, 0.25) is 0 Å². The summed E-state index contributed by atoms with van der Waals surface area (Å²) < 4.78 is 24.3. The van der Waals surface area contributed by atoms with Crippen molar-refractivity contribution in [2.24, 2.45) is 23.7 Å². The van der Waals surface area contributed by atoms with Crippen molar-refractivity contribution in [3.05, 3.63) is 35.9 Å². The molecule has 6 rings (SSSR count). The molecular weight excluding hydrogens is 340 g/mol. The van der Waals surface area contributed by atoms with E-state index in [1.165, 1.54) is 0 Å². The molecule has 0 N–H and O–H groups in total. The standard InChI is InChI=1S/C19H22O7/c1-20-19-14-11-7-10(15-16(11)25-26-24-15)13(14)17-12(22-19)8-21-18(23-17)9-5-3-2-4-6-9/h2-6,10-19H,7-8H2,1H3/t10-,11+,12-,13-,14+,15?,16?,17-,18-,19+/m1/s1. The van der Waals surface area contributed by atoms with Gasteiger partial charge in [-0.15, -0.1) is 0 Å². The number of methoxy groups -OCH3 is 1. The third-order valence-corrected chi connectivity index (χ3v) is 6.81. The third kappa shape index (κ3) is 2.13. The Morgan fingerprint density at radius 2 is 1.69 bits per heavy atom. The SMILES string of the molecule is CO[C@H]1O[C@@H]2CO[C@@H](c3ccccc3)O[C@H]2[C@H]2[C@@H]1[C@@H]1C[C@H]2C2OOOC21. The van der Waals surface area contributed by atoms with Crippen LogP contribution in [0.5, 0.6) is 0 Å². The molecule has 0 radical (unpaired) electrons. The van der Waals surface area contributed by atoms with Crippen molar-refractivity contribution in [2.45, 2.75) is 43.4 Å².